The summed E-state index contributed by atoms with van der Waals surface area (Å²) in [5.41, 5.74) is 0.926. The summed E-state index contributed by atoms with van der Waals surface area (Å²) in [6.45, 7) is 6.45. The van der Waals surface area contributed by atoms with Crippen LogP contribution in [0.3, 0.4) is 0 Å². The van der Waals surface area contributed by atoms with E-state index in [1.165, 1.54) is 27.7 Å². The van der Waals surface area contributed by atoms with E-state index < -0.39 is 54.5 Å². The molecule has 0 spiro atoms. The molecular weight excluding hydrogens is 410 g/mol. The summed E-state index contributed by atoms with van der Waals surface area (Å²) in [5.74, 6) is -1.91. The van der Waals surface area contributed by atoms with E-state index in [1.807, 2.05) is 13.0 Å². The molecule has 10 heteroatoms. The van der Waals surface area contributed by atoms with Crippen molar-refractivity contribution in [1.29, 1.82) is 0 Å². The molecule has 0 aliphatic carbocycles. The van der Waals surface area contributed by atoms with E-state index in [4.69, 9.17) is 23.7 Å². The normalized spacial score (nSPS) is 25.1. The average Bonchev–Trinajstić information content (AvgIpc) is 2.64. The van der Waals surface area contributed by atoms with E-state index in [0.717, 1.165) is 5.56 Å². The number of aryl methyl sites for hydroxylation is 1. The lowest BCUT2D eigenvalue weighted by atomic mass is 9.96. The first-order valence-corrected chi connectivity index (χ1v) is 9.70. The summed E-state index contributed by atoms with van der Waals surface area (Å²) in [5, 5.41) is 2.65. The van der Waals surface area contributed by atoms with Crippen molar-refractivity contribution in [3.63, 3.8) is 0 Å². The van der Waals surface area contributed by atoms with Crippen LogP contribution in [-0.2, 0) is 38.1 Å². The second-order valence-corrected chi connectivity index (χ2v) is 7.15. The number of carbonyl (C=O) groups excluding carboxylic acids is 4. The predicted molar refractivity (Wildman–Crippen MR) is 106 cm³/mol. The molecule has 5 unspecified atom stereocenters. The first-order chi connectivity index (χ1) is 14.6. The van der Waals surface area contributed by atoms with Crippen LogP contribution in [0.1, 0.15) is 33.3 Å². The van der Waals surface area contributed by atoms with Gasteiger partial charge in [0, 0.05) is 27.7 Å². The summed E-state index contributed by atoms with van der Waals surface area (Å²) < 4.78 is 27.7. The maximum atomic E-state index is 11.9. The molecule has 1 N–H and O–H groups in total. The van der Waals surface area contributed by atoms with Gasteiger partial charge in [-0.05, 0) is 24.6 Å². The van der Waals surface area contributed by atoms with Crippen LogP contribution in [0.2, 0.25) is 0 Å². The molecule has 1 amide bonds. The number of benzene rings is 1. The van der Waals surface area contributed by atoms with Crippen LogP contribution in [0.4, 0.5) is 0 Å². The van der Waals surface area contributed by atoms with E-state index >= 15 is 0 Å². The zero-order valence-electron chi connectivity index (χ0n) is 18.1. The Morgan fingerprint density at radius 2 is 1.61 bits per heavy atom. The monoisotopic (exact) mass is 437 g/mol. The van der Waals surface area contributed by atoms with Crippen molar-refractivity contribution in [3.8, 4) is 5.75 Å². The Hall–Kier alpha value is -3.14. The van der Waals surface area contributed by atoms with Crippen LogP contribution < -0.4 is 10.1 Å². The summed E-state index contributed by atoms with van der Waals surface area (Å²) in [6.07, 6.45) is -4.47. The Morgan fingerprint density at radius 1 is 0.968 bits per heavy atom. The zero-order chi connectivity index (χ0) is 23.1. The lowest BCUT2D eigenvalue weighted by molar-refractivity contribution is -0.257. The van der Waals surface area contributed by atoms with Gasteiger partial charge in [-0.15, -0.1) is 0 Å². The molecule has 1 aromatic carbocycles. The molecule has 1 saturated heterocycles. The van der Waals surface area contributed by atoms with Gasteiger partial charge in [-0.1, -0.05) is 12.1 Å². The molecule has 1 aromatic rings. The summed E-state index contributed by atoms with van der Waals surface area (Å²) >= 11 is 0. The third-order valence-corrected chi connectivity index (χ3v) is 4.31. The number of esters is 3. The van der Waals surface area contributed by atoms with Crippen molar-refractivity contribution in [1.82, 2.24) is 5.32 Å². The Morgan fingerprint density at radius 3 is 2.16 bits per heavy atom. The van der Waals surface area contributed by atoms with Gasteiger partial charge in [0.1, 0.15) is 24.5 Å². The highest BCUT2D eigenvalue weighted by molar-refractivity contribution is 5.73. The topological polar surface area (TPSA) is 126 Å². The molecule has 0 radical (unpaired) electrons. The highest BCUT2D eigenvalue weighted by atomic mass is 16.7. The molecule has 0 aromatic heterocycles. The van der Waals surface area contributed by atoms with Gasteiger partial charge in [0.2, 0.25) is 12.2 Å². The van der Waals surface area contributed by atoms with Crippen molar-refractivity contribution < 1.29 is 42.9 Å². The Labute approximate surface area is 180 Å². The fourth-order valence-corrected chi connectivity index (χ4v) is 3.21. The van der Waals surface area contributed by atoms with Gasteiger partial charge in [-0.2, -0.15) is 0 Å². The van der Waals surface area contributed by atoms with E-state index in [0.29, 0.717) is 5.75 Å². The molecule has 1 fully saturated rings. The van der Waals surface area contributed by atoms with Crippen molar-refractivity contribution in [3.05, 3.63) is 29.8 Å². The average molecular weight is 437 g/mol. The van der Waals surface area contributed by atoms with Crippen molar-refractivity contribution in [2.24, 2.45) is 0 Å². The first kappa shape index (κ1) is 24.1. The van der Waals surface area contributed by atoms with E-state index in [2.05, 4.69) is 5.32 Å². The molecular formula is C21H27NO9. The first-order valence-electron chi connectivity index (χ1n) is 9.70. The number of hydrogen-bond donors (Lipinski definition) is 1. The third-order valence-electron chi connectivity index (χ3n) is 4.31. The minimum absolute atomic E-state index is 0.286. The Bertz CT molecular complexity index is 825. The number of hydrogen-bond acceptors (Lipinski definition) is 9. The molecule has 31 heavy (non-hydrogen) atoms. The standard InChI is InChI=1S/C21H27NO9/c1-11-7-6-8-16(9-11)30-21-18(22-12(2)23)20(29-15(5)26)19(28-14(4)25)17(31-21)10-27-13(3)24/h6-9,17-21H,10H2,1-5H3,(H,22,23). The Balaban J connectivity index is 2.44. The lowest BCUT2D eigenvalue weighted by Crippen LogP contribution is -2.67. The maximum absolute atomic E-state index is 11.9. The second kappa shape index (κ2) is 10.8. The number of ether oxygens (including phenoxy) is 5. The van der Waals surface area contributed by atoms with Crippen molar-refractivity contribution >= 4 is 23.8 Å². The van der Waals surface area contributed by atoms with Crippen LogP contribution in [0.25, 0.3) is 0 Å². The fourth-order valence-electron chi connectivity index (χ4n) is 3.21. The minimum atomic E-state index is -1.16. The molecule has 5 atom stereocenters. The molecule has 2 rings (SSSR count). The number of carbonyl (C=O) groups is 4. The van der Waals surface area contributed by atoms with E-state index in [-0.39, 0.29) is 6.61 Å². The van der Waals surface area contributed by atoms with Crippen LogP contribution >= 0.6 is 0 Å². The third kappa shape index (κ3) is 7.25. The van der Waals surface area contributed by atoms with Crippen LogP contribution in [0.5, 0.6) is 5.75 Å². The second-order valence-electron chi connectivity index (χ2n) is 7.15. The quantitative estimate of drug-likeness (QED) is 0.491. The van der Waals surface area contributed by atoms with Gasteiger partial charge in [0.05, 0.1) is 0 Å². The Kier molecular flexibility index (Phi) is 8.38. The summed E-state index contributed by atoms with van der Waals surface area (Å²) in [7, 11) is 0. The molecule has 1 heterocycles. The number of amides is 1. The van der Waals surface area contributed by atoms with Crippen LogP contribution in [0, 0.1) is 6.92 Å². The largest absolute Gasteiger partial charge is 0.463 e. The van der Waals surface area contributed by atoms with Gasteiger partial charge in [-0.25, -0.2) is 0 Å². The van der Waals surface area contributed by atoms with Gasteiger partial charge in [0.25, 0.3) is 0 Å². The molecule has 1 aliphatic heterocycles. The zero-order valence-corrected chi connectivity index (χ0v) is 18.1. The molecule has 0 bridgehead atoms. The molecule has 0 saturated carbocycles. The summed E-state index contributed by atoms with van der Waals surface area (Å²) in [4.78, 5) is 46.8. The minimum Gasteiger partial charge on any atom is -0.463 e. The highest BCUT2D eigenvalue weighted by Gasteiger charge is 2.51. The van der Waals surface area contributed by atoms with Crippen molar-refractivity contribution in [2.45, 2.75) is 65.3 Å². The molecule has 1 aliphatic rings. The SMILES string of the molecule is CC(=O)NC1C(Oc2cccc(C)c2)OC(COC(C)=O)C(OC(C)=O)C1OC(C)=O. The smallest absolute Gasteiger partial charge is 0.303 e. The van der Waals surface area contributed by atoms with Crippen molar-refractivity contribution in [2.75, 3.05) is 6.61 Å². The van der Waals surface area contributed by atoms with Crippen LogP contribution in [-0.4, -0.2) is 61.1 Å². The molecule has 170 valence electrons. The van der Waals surface area contributed by atoms with E-state index in [1.54, 1.807) is 18.2 Å². The fraction of sp³-hybridized carbons (Fsp3) is 0.524. The number of nitrogens with one attached hydrogen (secondary N) is 1. The van der Waals surface area contributed by atoms with Crippen LogP contribution in [0.15, 0.2) is 24.3 Å². The van der Waals surface area contributed by atoms with Gasteiger partial charge < -0.3 is 29.0 Å². The van der Waals surface area contributed by atoms with E-state index in [9.17, 15) is 19.2 Å². The predicted octanol–water partition coefficient (Wildman–Crippen LogP) is 1.03. The molecule has 10 nitrogen and oxygen atoms in total. The van der Waals surface area contributed by atoms with Gasteiger partial charge in [0.15, 0.2) is 12.2 Å². The number of rotatable bonds is 7. The maximum Gasteiger partial charge on any atom is 0.303 e. The summed E-state index contributed by atoms with van der Waals surface area (Å²) in [6, 6.07) is 6.10. The van der Waals surface area contributed by atoms with Gasteiger partial charge in [-0.3, -0.25) is 19.2 Å². The van der Waals surface area contributed by atoms with Gasteiger partial charge >= 0.3 is 17.9 Å². The highest BCUT2D eigenvalue weighted by Crippen LogP contribution is 2.29. The lowest BCUT2D eigenvalue weighted by Gasteiger charge is -2.44.